The average molecular weight is 579 g/mol. The van der Waals surface area contributed by atoms with Crippen molar-refractivity contribution >= 4 is 23.4 Å². The van der Waals surface area contributed by atoms with Gasteiger partial charge in [-0.15, -0.1) is 11.3 Å². The molecule has 13 heteroatoms. The summed E-state index contributed by atoms with van der Waals surface area (Å²) < 4.78 is 47.5. The first-order valence-electron chi connectivity index (χ1n) is 12.6. The molecule has 41 heavy (non-hydrogen) atoms. The third-order valence-electron chi connectivity index (χ3n) is 7.50. The Labute approximate surface area is 234 Å². The Morgan fingerprint density at radius 2 is 1.95 bits per heavy atom. The van der Waals surface area contributed by atoms with Crippen molar-refractivity contribution in [3.8, 4) is 27.4 Å². The van der Waals surface area contributed by atoms with E-state index in [-0.39, 0.29) is 31.0 Å². The second-order valence-electron chi connectivity index (χ2n) is 9.54. The molecular formula is C28H20F2N4O6S. The highest BCUT2D eigenvalue weighted by Crippen LogP contribution is 2.50. The van der Waals surface area contributed by atoms with E-state index in [1.807, 2.05) is 24.3 Å². The Bertz CT molecular complexity index is 1810. The van der Waals surface area contributed by atoms with Gasteiger partial charge >= 0.3 is 6.16 Å². The van der Waals surface area contributed by atoms with E-state index < -0.39 is 47.1 Å². The van der Waals surface area contributed by atoms with Gasteiger partial charge in [0.05, 0.1) is 42.4 Å². The topological polar surface area (TPSA) is 103 Å². The lowest BCUT2D eigenvalue weighted by atomic mass is 9.92. The molecule has 4 heterocycles. The number of thiazole rings is 1. The quantitative estimate of drug-likeness (QED) is 0.330. The molecule has 0 bridgehead atoms. The summed E-state index contributed by atoms with van der Waals surface area (Å²) in [5.74, 6) is -3.14. The van der Waals surface area contributed by atoms with Gasteiger partial charge in [-0.25, -0.2) is 18.6 Å². The van der Waals surface area contributed by atoms with E-state index in [1.54, 1.807) is 10.5 Å². The van der Waals surface area contributed by atoms with Crippen molar-refractivity contribution in [2.24, 2.45) is 0 Å². The first-order valence-corrected chi connectivity index (χ1v) is 13.5. The molecule has 2 atom stereocenters. The van der Waals surface area contributed by atoms with Crippen molar-refractivity contribution in [2.75, 3.05) is 31.9 Å². The number of fused-ring (bicyclic) bond motifs is 7. The van der Waals surface area contributed by atoms with E-state index in [2.05, 4.69) is 9.72 Å². The second kappa shape index (κ2) is 9.49. The Kier molecular flexibility index (Phi) is 5.87. The smallest absolute Gasteiger partial charge is 0.437 e. The van der Waals surface area contributed by atoms with Gasteiger partial charge in [-0.1, -0.05) is 30.3 Å². The lowest BCUT2D eigenvalue weighted by molar-refractivity contribution is -0.0197. The van der Waals surface area contributed by atoms with Gasteiger partial charge in [0.25, 0.3) is 5.91 Å². The fraction of sp³-hybridized carbons (Fsp3) is 0.214. The number of halogens is 2. The minimum Gasteiger partial charge on any atom is -0.437 e. The van der Waals surface area contributed by atoms with Crippen molar-refractivity contribution in [1.82, 2.24) is 14.6 Å². The zero-order valence-corrected chi connectivity index (χ0v) is 22.2. The molecule has 7 rings (SSSR count). The zero-order chi connectivity index (χ0) is 28.4. The molecule has 0 spiro atoms. The van der Waals surface area contributed by atoms with Gasteiger partial charge < -0.3 is 19.1 Å². The third kappa shape index (κ3) is 3.69. The van der Waals surface area contributed by atoms with E-state index in [0.29, 0.717) is 16.1 Å². The molecule has 0 saturated carbocycles. The predicted molar refractivity (Wildman–Crippen MR) is 142 cm³/mol. The van der Waals surface area contributed by atoms with Crippen molar-refractivity contribution in [3.05, 3.63) is 92.9 Å². The van der Waals surface area contributed by atoms with Gasteiger partial charge in [0.2, 0.25) is 11.2 Å². The number of aromatic nitrogens is 2. The van der Waals surface area contributed by atoms with Crippen molar-refractivity contribution in [2.45, 2.75) is 12.2 Å². The van der Waals surface area contributed by atoms with Crippen LogP contribution in [-0.4, -0.2) is 59.7 Å². The number of hydrogen-bond acceptors (Lipinski definition) is 9. The number of morpholine rings is 1. The first kappa shape index (κ1) is 25.4. The SMILES string of the molecule is COC(=O)Oc1c2n(ccc1=O)N(C1c3ccccc3-c3scnc3-c3c1ccc(F)c3F)C1COCCN1C2=O. The molecule has 1 amide bonds. The van der Waals surface area contributed by atoms with Gasteiger partial charge in [0.15, 0.2) is 17.3 Å². The van der Waals surface area contributed by atoms with E-state index in [4.69, 9.17) is 9.47 Å². The number of benzene rings is 2. The van der Waals surface area contributed by atoms with E-state index >= 15 is 4.39 Å². The van der Waals surface area contributed by atoms with Gasteiger partial charge in [0, 0.05) is 24.4 Å². The fourth-order valence-electron chi connectivity index (χ4n) is 5.79. The van der Waals surface area contributed by atoms with Gasteiger partial charge in [-0.2, -0.15) is 0 Å². The summed E-state index contributed by atoms with van der Waals surface area (Å²) in [7, 11) is 1.08. The molecule has 0 radical (unpaired) electrons. The van der Waals surface area contributed by atoms with Crippen LogP contribution in [0.4, 0.5) is 13.6 Å². The van der Waals surface area contributed by atoms with Crippen molar-refractivity contribution in [1.29, 1.82) is 0 Å². The highest BCUT2D eigenvalue weighted by Gasteiger charge is 2.47. The molecule has 3 aliphatic rings. The number of nitrogens with zero attached hydrogens (tertiary/aromatic N) is 4. The lowest BCUT2D eigenvalue weighted by Gasteiger charge is -2.51. The maximum atomic E-state index is 15.7. The Morgan fingerprint density at radius 3 is 2.78 bits per heavy atom. The van der Waals surface area contributed by atoms with Crippen molar-refractivity contribution < 1.29 is 32.6 Å². The van der Waals surface area contributed by atoms with Gasteiger partial charge in [0.1, 0.15) is 6.17 Å². The lowest BCUT2D eigenvalue weighted by Crippen LogP contribution is -2.66. The van der Waals surface area contributed by atoms with Crippen LogP contribution in [0.15, 0.2) is 59.0 Å². The van der Waals surface area contributed by atoms with Crippen LogP contribution in [0.3, 0.4) is 0 Å². The largest absolute Gasteiger partial charge is 0.513 e. The molecule has 4 aromatic rings. The summed E-state index contributed by atoms with van der Waals surface area (Å²) in [5.41, 5.74) is 2.83. The summed E-state index contributed by atoms with van der Waals surface area (Å²) in [5, 5.41) is 1.77. The standard InChI is InChI=1S/C28H20F2N4O6S/c1-38-28(37)40-25-18(35)8-9-33-24(25)27(36)32-10-11-39-12-19(32)34(33)23-14-4-2-3-5-15(14)26-22(31-13-41-26)20-16(23)6-7-17(29)21(20)30/h2-9,13,19,23H,10-12H2,1H3. The van der Waals surface area contributed by atoms with Crippen LogP contribution in [0.5, 0.6) is 5.75 Å². The Morgan fingerprint density at radius 1 is 1.12 bits per heavy atom. The third-order valence-corrected chi connectivity index (χ3v) is 8.36. The molecule has 2 aromatic heterocycles. The average Bonchev–Trinajstić information content (AvgIpc) is 3.43. The fourth-order valence-corrected chi connectivity index (χ4v) is 6.63. The van der Waals surface area contributed by atoms with E-state index in [9.17, 15) is 18.8 Å². The Hall–Kier alpha value is -4.62. The van der Waals surface area contributed by atoms with Crippen LogP contribution in [0.1, 0.15) is 27.7 Å². The van der Waals surface area contributed by atoms with Crippen LogP contribution < -0.4 is 15.2 Å². The minimum atomic E-state index is -1.17. The minimum absolute atomic E-state index is 0.00347. The molecule has 208 valence electrons. The van der Waals surface area contributed by atoms with E-state index in [0.717, 1.165) is 30.4 Å². The normalized spacial score (nSPS) is 18.9. The molecule has 1 saturated heterocycles. The van der Waals surface area contributed by atoms with Crippen LogP contribution >= 0.6 is 11.3 Å². The molecular weight excluding hydrogens is 558 g/mol. The molecule has 2 aromatic carbocycles. The highest BCUT2D eigenvalue weighted by molar-refractivity contribution is 7.13. The summed E-state index contributed by atoms with van der Waals surface area (Å²) in [6.07, 6.45) is -0.495. The van der Waals surface area contributed by atoms with Crippen LogP contribution in [0.25, 0.3) is 21.7 Å². The second-order valence-corrected chi connectivity index (χ2v) is 10.4. The van der Waals surface area contributed by atoms with Gasteiger partial charge in [-0.3, -0.25) is 19.3 Å². The molecule has 2 aliphatic heterocycles. The maximum Gasteiger partial charge on any atom is 0.513 e. The first-order chi connectivity index (χ1) is 19.9. The number of methoxy groups -OCH3 is 1. The van der Waals surface area contributed by atoms with Gasteiger partial charge in [-0.05, 0) is 22.8 Å². The monoisotopic (exact) mass is 578 g/mol. The number of carbonyl (C=O) groups excluding carboxylic acids is 2. The van der Waals surface area contributed by atoms with Crippen molar-refractivity contribution in [3.63, 3.8) is 0 Å². The molecule has 1 aliphatic carbocycles. The molecule has 0 N–H and O–H groups in total. The summed E-state index contributed by atoms with van der Waals surface area (Å²) in [4.78, 5) is 45.5. The summed E-state index contributed by atoms with van der Waals surface area (Å²) >= 11 is 1.30. The summed E-state index contributed by atoms with van der Waals surface area (Å²) in [6.45, 7) is 0.496. The van der Waals surface area contributed by atoms with Crippen LogP contribution in [0.2, 0.25) is 0 Å². The number of ether oxygens (including phenoxy) is 3. The maximum absolute atomic E-state index is 15.7. The molecule has 2 unspecified atom stereocenters. The number of carbonyl (C=O) groups is 2. The number of hydrogen-bond donors (Lipinski definition) is 0. The zero-order valence-electron chi connectivity index (χ0n) is 21.4. The molecule has 10 nitrogen and oxygen atoms in total. The summed E-state index contributed by atoms with van der Waals surface area (Å²) in [6, 6.07) is 10.3. The Balaban J connectivity index is 1.56. The molecule has 1 fully saturated rings. The number of amides is 1. The number of pyridine rings is 1. The van der Waals surface area contributed by atoms with Crippen LogP contribution in [-0.2, 0) is 9.47 Å². The van der Waals surface area contributed by atoms with E-state index in [1.165, 1.54) is 33.2 Å². The number of rotatable bonds is 2. The predicted octanol–water partition coefficient (Wildman–Crippen LogP) is 3.92. The van der Waals surface area contributed by atoms with Crippen LogP contribution in [0, 0.1) is 11.6 Å². The highest BCUT2D eigenvalue weighted by atomic mass is 32.1.